The Bertz CT molecular complexity index is 479. The van der Waals surface area contributed by atoms with E-state index in [-0.39, 0.29) is 24.6 Å². The van der Waals surface area contributed by atoms with Crippen molar-refractivity contribution in [1.29, 1.82) is 0 Å². The van der Waals surface area contributed by atoms with Crippen molar-refractivity contribution in [3.05, 3.63) is 24.4 Å². The molecule has 0 fully saturated rings. The van der Waals surface area contributed by atoms with Gasteiger partial charge in [0.15, 0.2) is 5.82 Å². The van der Waals surface area contributed by atoms with E-state index < -0.39 is 6.04 Å². The first kappa shape index (κ1) is 17.2. The van der Waals surface area contributed by atoms with E-state index in [1.165, 1.54) is 4.90 Å². The van der Waals surface area contributed by atoms with Crippen LogP contribution in [0.3, 0.4) is 0 Å². The average Bonchev–Trinajstić information content (AvgIpc) is 2.87. The van der Waals surface area contributed by atoms with Crippen molar-refractivity contribution >= 4 is 6.03 Å². The summed E-state index contributed by atoms with van der Waals surface area (Å²) in [4.78, 5) is 17.8. The largest absolute Gasteiger partial charge is 0.395 e. The lowest BCUT2D eigenvalue weighted by Gasteiger charge is -2.22. The summed E-state index contributed by atoms with van der Waals surface area (Å²) in [5.74, 6) is 0.952. The predicted molar refractivity (Wildman–Crippen MR) is 78.8 cm³/mol. The van der Waals surface area contributed by atoms with Crippen molar-refractivity contribution in [2.75, 3.05) is 19.7 Å². The minimum atomic E-state index is -0.410. The molecule has 0 aliphatic carbocycles. The lowest BCUT2D eigenvalue weighted by atomic mass is 9.96. The molecule has 7 heteroatoms. The third kappa shape index (κ3) is 4.86. The summed E-state index contributed by atoms with van der Waals surface area (Å²) in [6.45, 7) is 11.8. The highest BCUT2D eigenvalue weighted by atomic mass is 16.5. The van der Waals surface area contributed by atoms with Crippen LogP contribution in [0.1, 0.15) is 45.5 Å². The number of nitrogens with zero attached hydrogens (tertiary/aromatic N) is 3. The molecule has 0 aliphatic heterocycles. The third-order valence-electron chi connectivity index (χ3n) is 2.83. The van der Waals surface area contributed by atoms with Crippen molar-refractivity contribution in [2.24, 2.45) is 0 Å². The molecule has 2 N–H and O–H groups in total. The van der Waals surface area contributed by atoms with E-state index >= 15 is 0 Å². The van der Waals surface area contributed by atoms with Crippen LogP contribution in [0.2, 0.25) is 0 Å². The van der Waals surface area contributed by atoms with Crippen LogP contribution in [-0.4, -0.2) is 45.9 Å². The minimum Gasteiger partial charge on any atom is -0.395 e. The Morgan fingerprint density at radius 2 is 2.24 bits per heavy atom. The van der Waals surface area contributed by atoms with Crippen molar-refractivity contribution in [3.8, 4) is 0 Å². The molecule has 1 unspecified atom stereocenters. The van der Waals surface area contributed by atoms with Gasteiger partial charge in [-0.05, 0) is 6.92 Å². The molecule has 0 bridgehead atoms. The molecule has 1 aromatic heterocycles. The highest BCUT2D eigenvalue weighted by molar-refractivity contribution is 5.74. The Labute approximate surface area is 125 Å². The maximum absolute atomic E-state index is 12.1. The normalized spacial score (nSPS) is 12.8. The van der Waals surface area contributed by atoms with Crippen molar-refractivity contribution in [3.63, 3.8) is 0 Å². The quantitative estimate of drug-likeness (QED) is 0.778. The molecule has 2 amide bonds. The van der Waals surface area contributed by atoms with Gasteiger partial charge in [-0.15, -0.1) is 6.58 Å². The molecule has 0 aromatic carbocycles. The van der Waals surface area contributed by atoms with Crippen LogP contribution in [0, 0.1) is 0 Å². The van der Waals surface area contributed by atoms with Gasteiger partial charge in [0.25, 0.3) is 0 Å². The molecule has 21 heavy (non-hydrogen) atoms. The zero-order valence-corrected chi connectivity index (χ0v) is 13.1. The fourth-order valence-electron chi connectivity index (χ4n) is 1.61. The van der Waals surface area contributed by atoms with Gasteiger partial charge in [-0.3, -0.25) is 0 Å². The van der Waals surface area contributed by atoms with Crippen LogP contribution in [-0.2, 0) is 5.41 Å². The summed E-state index contributed by atoms with van der Waals surface area (Å²) in [6, 6.07) is -0.723. The molecule has 0 radical (unpaired) electrons. The Kier molecular flexibility index (Phi) is 5.90. The molecule has 1 rings (SSSR count). The number of nitrogens with one attached hydrogen (secondary N) is 1. The zero-order valence-electron chi connectivity index (χ0n) is 13.1. The predicted octanol–water partition coefficient (Wildman–Crippen LogP) is 1.62. The summed E-state index contributed by atoms with van der Waals surface area (Å²) in [5, 5.41) is 15.6. The molecule has 0 aliphatic rings. The zero-order chi connectivity index (χ0) is 16.0. The van der Waals surface area contributed by atoms with E-state index in [0.29, 0.717) is 18.3 Å². The molecular formula is C14H24N4O3. The van der Waals surface area contributed by atoms with Crippen molar-refractivity contribution in [2.45, 2.75) is 39.2 Å². The van der Waals surface area contributed by atoms with Gasteiger partial charge in [0.2, 0.25) is 5.89 Å². The first-order valence-electron chi connectivity index (χ1n) is 6.91. The maximum Gasteiger partial charge on any atom is 0.318 e. The third-order valence-corrected chi connectivity index (χ3v) is 2.83. The van der Waals surface area contributed by atoms with E-state index in [1.807, 2.05) is 20.8 Å². The number of hydrogen-bond donors (Lipinski definition) is 2. The van der Waals surface area contributed by atoms with E-state index in [2.05, 4.69) is 22.0 Å². The van der Waals surface area contributed by atoms with E-state index in [9.17, 15) is 4.79 Å². The smallest absolute Gasteiger partial charge is 0.318 e. The number of amides is 2. The van der Waals surface area contributed by atoms with Gasteiger partial charge in [0.1, 0.15) is 6.04 Å². The van der Waals surface area contributed by atoms with Gasteiger partial charge >= 0.3 is 6.03 Å². The second-order valence-electron chi connectivity index (χ2n) is 5.84. The number of rotatable bonds is 6. The van der Waals surface area contributed by atoms with Gasteiger partial charge < -0.3 is 19.8 Å². The maximum atomic E-state index is 12.1. The van der Waals surface area contributed by atoms with Gasteiger partial charge in [-0.25, -0.2) is 4.79 Å². The molecule has 1 atom stereocenters. The lowest BCUT2D eigenvalue weighted by molar-refractivity contribution is 0.179. The number of aliphatic hydroxyl groups excluding tert-OH is 1. The molecular weight excluding hydrogens is 272 g/mol. The van der Waals surface area contributed by atoms with Crippen molar-refractivity contribution in [1.82, 2.24) is 20.4 Å². The number of aromatic nitrogens is 2. The number of urea groups is 1. The first-order valence-corrected chi connectivity index (χ1v) is 6.91. The molecule has 0 saturated heterocycles. The average molecular weight is 296 g/mol. The van der Waals surface area contributed by atoms with Crippen LogP contribution in [0.25, 0.3) is 0 Å². The second-order valence-corrected chi connectivity index (χ2v) is 5.84. The number of carbonyl (C=O) groups excluding carboxylic acids is 1. The number of hydrogen-bond acceptors (Lipinski definition) is 5. The van der Waals surface area contributed by atoms with Crippen LogP contribution in [0.4, 0.5) is 4.79 Å². The summed E-state index contributed by atoms with van der Waals surface area (Å²) < 4.78 is 5.19. The lowest BCUT2D eigenvalue weighted by Crippen LogP contribution is -2.42. The van der Waals surface area contributed by atoms with Gasteiger partial charge in [0, 0.05) is 18.5 Å². The van der Waals surface area contributed by atoms with Crippen molar-refractivity contribution < 1.29 is 14.4 Å². The number of carbonyl (C=O) groups is 1. The van der Waals surface area contributed by atoms with Gasteiger partial charge in [-0.2, -0.15) is 4.98 Å². The monoisotopic (exact) mass is 296 g/mol. The van der Waals surface area contributed by atoms with Gasteiger partial charge in [-0.1, -0.05) is 32.0 Å². The molecule has 0 saturated carbocycles. The Balaban J connectivity index is 2.71. The van der Waals surface area contributed by atoms with E-state index in [0.717, 1.165) is 0 Å². The highest BCUT2D eigenvalue weighted by Crippen LogP contribution is 2.20. The molecule has 118 valence electrons. The Hall–Kier alpha value is -1.89. The summed E-state index contributed by atoms with van der Waals surface area (Å²) >= 11 is 0. The van der Waals surface area contributed by atoms with Crippen LogP contribution in [0.5, 0.6) is 0 Å². The van der Waals surface area contributed by atoms with E-state index in [4.69, 9.17) is 9.63 Å². The SMILES string of the molecule is C=CCN(CCO)C(=O)NC(C)c1nc(C(C)(C)C)no1. The minimum absolute atomic E-state index is 0.107. The standard InChI is InChI=1S/C14H24N4O3/c1-6-7-18(8-9-19)13(20)15-10(2)11-16-12(17-21-11)14(3,4)5/h6,10,19H,1,7-9H2,2-5H3,(H,15,20). The molecule has 1 heterocycles. The summed E-state index contributed by atoms with van der Waals surface area (Å²) in [6.07, 6.45) is 1.60. The fraction of sp³-hybridized carbons (Fsp3) is 0.643. The summed E-state index contributed by atoms with van der Waals surface area (Å²) in [7, 11) is 0. The molecule has 7 nitrogen and oxygen atoms in total. The molecule has 1 aromatic rings. The van der Waals surface area contributed by atoms with Gasteiger partial charge in [0.05, 0.1) is 6.61 Å². The highest BCUT2D eigenvalue weighted by Gasteiger charge is 2.24. The van der Waals surface area contributed by atoms with E-state index in [1.54, 1.807) is 13.0 Å². The topological polar surface area (TPSA) is 91.5 Å². The van der Waals surface area contributed by atoms with Crippen LogP contribution >= 0.6 is 0 Å². The fourth-order valence-corrected chi connectivity index (χ4v) is 1.61. The first-order chi connectivity index (χ1) is 9.79. The Morgan fingerprint density at radius 3 is 2.71 bits per heavy atom. The van der Waals surface area contributed by atoms with Crippen LogP contribution in [0.15, 0.2) is 17.2 Å². The summed E-state index contributed by atoms with van der Waals surface area (Å²) in [5.41, 5.74) is -0.211. The second kappa shape index (κ2) is 7.21. The van der Waals surface area contributed by atoms with Crippen LogP contribution < -0.4 is 5.32 Å². The molecule has 0 spiro atoms. The number of aliphatic hydroxyl groups is 1. The Morgan fingerprint density at radius 1 is 1.57 bits per heavy atom.